The highest BCUT2D eigenvalue weighted by Gasteiger charge is 2.20. The first-order valence-electron chi connectivity index (χ1n) is 5.89. The van der Waals surface area contributed by atoms with Gasteiger partial charge in [-0.2, -0.15) is 0 Å². The van der Waals surface area contributed by atoms with Gasteiger partial charge in [0.1, 0.15) is 0 Å². The Morgan fingerprint density at radius 1 is 1.62 bits per heavy atom. The van der Waals surface area contributed by atoms with Crippen LogP contribution >= 0.6 is 11.6 Å². The van der Waals surface area contributed by atoms with Crippen molar-refractivity contribution in [2.45, 2.75) is 25.8 Å². The molecule has 0 amide bonds. The Morgan fingerprint density at radius 2 is 2.50 bits per heavy atom. The average molecular weight is 240 g/mol. The summed E-state index contributed by atoms with van der Waals surface area (Å²) in [6.45, 7) is 5.28. The van der Waals surface area contributed by atoms with Crippen LogP contribution in [0.4, 0.5) is 5.69 Å². The average Bonchev–Trinajstić information content (AvgIpc) is 2.30. The van der Waals surface area contributed by atoms with Crippen molar-refractivity contribution in [2.24, 2.45) is 0 Å². The number of likely N-dealkylation sites (N-methyl/N-ethyl adjacent to an activating group) is 1. The quantitative estimate of drug-likeness (QED) is 0.878. The number of rotatable bonds is 3. The van der Waals surface area contributed by atoms with Crippen molar-refractivity contribution in [3.63, 3.8) is 0 Å². The molecule has 4 heteroatoms. The summed E-state index contributed by atoms with van der Waals surface area (Å²) < 4.78 is 0. The zero-order chi connectivity index (χ0) is 11.4. The Kier molecular flexibility index (Phi) is 4.02. The van der Waals surface area contributed by atoms with Gasteiger partial charge in [0.15, 0.2) is 0 Å². The second-order valence-electron chi connectivity index (χ2n) is 4.17. The van der Waals surface area contributed by atoms with Crippen LogP contribution in [-0.4, -0.2) is 30.7 Å². The molecule has 1 aliphatic heterocycles. The molecule has 1 aliphatic rings. The predicted octanol–water partition coefficient (Wildman–Crippen LogP) is 2.31. The molecule has 88 valence electrons. The van der Waals surface area contributed by atoms with E-state index in [2.05, 4.69) is 22.1 Å². The molecule has 1 aromatic heterocycles. The molecule has 3 nitrogen and oxygen atoms in total. The van der Waals surface area contributed by atoms with Crippen molar-refractivity contribution in [2.75, 3.05) is 24.5 Å². The van der Waals surface area contributed by atoms with Gasteiger partial charge >= 0.3 is 0 Å². The molecule has 0 aliphatic carbocycles. The van der Waals surface area contributed by atoms with E-state index in [1.807, 2.05) is 12.3 Å². The van der Waals surface area contributed by atoms with E-state index in [1.165, 1.54) is 12.8 Å². The molecule has 0 spiro atoms. The summed E-state index contributed by atoms with van der Waals surface area (Å²) in [4.78, 5) is 6.47. The van der Waals surface area contributed by atoms with Gasteiger partial charge < -0.3 is 10.2 Å². The molecule has 0 unspecified atom stereocenters. The number of hydrogen-bond acceptors (Lipinski definition) is 3. The standard InChI is InChI=1S/C12H18ClN3/c1-2-15-10-4-3-7-16(9-10)12-8-14-6-5-11(12)13/h5-6,8,10,15H,2-4,7,9H2,1H3/t10-/m1/s1. The van der Waals surface area contributed by atoms with Crippen molar-refractivity contribution >= 4 is 17.3 Å². The Balaban J connectivity index is 2.07. The van der Waals surface area contributed by atoms with Gasteiger partial charge in [-0.25, -0.2) is 0 Å². The summed E-state index contributed by atoms with van der Waals surface area (Å²) in [6.07, 6.45) is 6.05. The molecule has 1 N–H and O–H groups in total. The minimum atomic E-state index is 0.579. The van der Waals surface area contributed by atoms with Crippen LogP contribution in [0.15, 0.2) is 18.5 Å². The van der Waals surface area contributed by atoms with Crippen molar-refractivity contribution in [3.8, 4) is 0 Å². The highest BCUT2D eigenvalue weighted by molar-refractivity contribution is 6.33. The molecule has 16 heavy (non-hydrogen) atoms. The van der Waals surface area contributed by atoms with Crippen LogP contribution in [0.2, 0.25) is 5.02 Å². The molecule has 0 aromatic carbocycles. The number of anilines is 1. The number of hydrogen-bond donors (Lipinski definition) is 1. The van der Waals surface area contributed by atoms with Gasteiger partial charge in [-0.15, -0.1) is 0 Å². The van der Waals surface area contributed by atoms with Crippen molar-refractivity contribution in [1.29, 1.82) is 0 Å². The van der Waals surface area contributed by atoms with Gasteiger partial charge in [-0.3, -0.25) is 4.98 Å². The van der Waals surface area contributed by atoms with E-state index in [4.69, 9.17) is 11.6 Å². The van der Waals surface area contributed by atoms with E-state index >= 15 is 0 Å². The molecule has 2 rings (SSSR count). The lowest BCUT2D eigenvalue weighted by atomic mass is 10.1. The van der Waals surface area contributed by atoms with Gasteiger partial charge in [0.05, 0.1) is 16.9 Å². The smallest absolute Gasteiger partial charge is 0.0742 e. The fourth-order valence-electron chi connectivity index (χ4n) is 2.25. The zero-order valence-corrected chi connectivity index (χ0v) is 10.4. The van der Waals surface area contributed by atoms with Crippen molar-refractivity contribution < 1.29 is 0 Å². The molecule has 1 fully saturated rings. The molecule has 1 atom stereocenters. The maximum atomic E-state index is 6.18. The lowest BCUT2D eigenvalue weighted by Gasteiger charge is -2.34. The third-order valence-electron chi connectivity index (χ3n) is 3.00. The van der Waals surface area contributed by atoms with E-state index in [9.17, 15) is 0 Å². The number of piperidine rings is 1. The Morgan fingerprint density at radius 3 is 3.25 bits per heavy atom. The fraction of sp³-hybridized carbons (Fsp3) is 0.583. The van der Waals surface area contributed by atoms with E-state index in [-0.39, 0.29) is 0 Å². The maximum absolute atomic E-state index is 6.18. The third kappa shape index (κ3) is 2.66. The lowest BCUT2D eigenvalue weighted by Crippen LogP contribution is -2.45. The predicted molar refractivity (Wildman–Crippen MR) is 68.2 cm³/mol. The summed E-state index contributed by atoms with van der Waals surface area (Å²) in [6, 6.07) is 2.43. The number of pyridine rings is 1. The van der Waals surface area contributed by atoms with Crippen molar-refractivity contribution in [1.82, 2.24) is 10.3 Å². The molecular weight excluding hydrogens is 222 g/mol. The highest BCUT2D eigenvalue weighted by Crippen LogP contribution is 2.26. The summed E-state index contributed by atoms with van der Waals surface area (Å²) in [5, 5.41) is 4.30. The molecule has 0 bridgehead atoms. The highest BCUT2D eigenvalue weighted by atomic mass is 35.5. The summed E-state index contributed by atoms with van der Waals surface area (Å²) >= 11 is 6.18. The summed E-state index contributed by atoms with van der Waals surface area (Å²) in [5.41, 5.74) is 1.06. The monoisotopic (exact) mass is 239 g/mol. The van der Waals surface area contributed by atoms with Crippen LogP contribution in [0.25, 0.3) is 0 Å². The first-order chi connectivity index (χ1) is 7.81. The van der Waals surface area contributed by atoms with Gasteiger partial charge in [0.2, 0.25) is 0 Å². The van der Waals surface area contributed by atoms with E-state index < -0.39 is 0 Å². The number of nitrogens with zero attached hydrogens (tertiary/aromatic N) is 2. The van der Waals surface area contributed by atoms with Gasteiger partial charge in [-0.05, 0) is 25.5 Å². The van der Waals surface area contributed by atoms with Crippen LogP contribution in [0.5, 0.6) is 0 Å². The van der Waals surface area contributed by atoms with Crippen LogP contribution in [0.1, 0.15) is 19.8 Å². The maximum Gasteiger partial charge on any atom is 0.0742 e. The number of aromatic nitrogens is 1. The van der Waals surface area contributed by atoms with Gasteiger partial charge in [0, 0.05) is 25.3 Å². The molecule has 0 radical (unpaired) electrons. The first kappa shape index (κ1) is 11.7. The zero-order valence-electron chi connectivity index (χ0n) is 9.62. The van der Waals surface area contributed by atoms with Crippen molar-refractivity contribution in [3.05, 3.63) is 23.5 Å². The lowest BCUT2D eigenvalue weighted by molar-refractivity contribution is 0.431. The Labute approximate surface area is 102 Å². The largest absolute Gasteiger partial charge is 0.368 e. The Bertz CT molecular complexity index is 341. The third-order valence-corrected chi connectivity index (χ3v) is 3.32. The van der Waals surface area contributed by atoms with Crippen LogP contribution in [-0.2, 0) is 0 Å². The minimum Gasteiger partial charge on any atom is -0.368 e. The molecule has 2 heterocycles. The molecular formula is C12H18ClN3. The van der Waals surface area contributed by atoms with Crippen LogP contribution < -0.4 is 10.2 Å². The molecule has 0 saturated carbocycles. The second-order valence-corrected chi connectivity index (χ2v) is 4.58. The normalized spacial score (nSPS) is 21.1. The topological polar surface area (TPSA) is 28.2 Å². The number of halogens is 1. The number of nitrogens with one attached hydrogen (secondary N) is 1. The summed E-state index contributed by atoms with van der Waals surface area (Å²) in [7, 11) is 0. The van der Waals surface area contributed by atoms with Crippen LogP contribution in [0.3, 0.4) is 0 Å². The fourth-order valence-corrected chi connectivity index (χ4v) is 2.48. The van der Waals surface area contributed by atoms with Gasteiger partial charge in [0.25, 0.3) is 0 Å². The molecule has 1 aromatic rings. The van der Waals surface area contributed by atoms with E-state index in [0.29, 0.717) is 6.04 Å². The van der Waals surface area contributed by atoms with Gasteiger partial charge in [-0.1, -0.05) is 18.5 Å². The second kappa shape index (κ2) is 5.51. The first-order valence-corrected chi connectivity index (χ1v) is 6.27. The van der Waals surface area contributed by atoms with E-state index in [1.54, 1.807) is 6.20 Å². The minimum absolute atomic E-state index is 0.579. The SMILES string of the molecule is CCN[C@@H]1CCCN(c2cnccc2Cl)C1. The summed E-state index contributed by atoms with van der Waals surface area (Å²) in [5.74, 6) is 0. The molecule has 1 saturated heterocycles. The Hall–Kier alpha value is -0.800. The van der Waals surface area contributed by atoms with E-state index in [0.717, 1.165) is 30.3 Å². The van der Waals surface area contributed by atoms with Crippen LogP contribution in [0, 0.1) is 0 Å².